The summed E-state index contributed by atoms with van der Waals surface area (Å²) in [5.74, 6) is 1.48. The molecule has 1 amide bonds. The Bertz CT molecular complexity index is 719. The maximum Gasteiger partial charge on any atom is 0.261 e. The van der Waals surface area contributed by atoms with Crippen molar-refractivity contribution in [2.24, 2.45) is 0 Å². The second-order valence-electron chi connectivity index (χ2n) is 6.57. The van der Waals surface area contributed by atoms with Crippen LogP contribution in [-0.4, -0.2) is 19.1 Å². The van der Waals surface area contributed by atoms with Crippen LogP contribution >= 0.6 is 11.3 Å². The van der Waals surface area contributed by atoms with Crippen LogP contribution in [0.1, 0.15) is 52.9 Å². The maximum absolute atomic E-state index is 12.4. The van der Waals surface area contributed by atoms with Crippen molar-refractivity contribution in [3.05, 3.63) is 45.6 Å². The van der Waals surface area contributed by atoms with Crippen molar-refractivity contribution in [2.45, 2.75) is 51.7 Å². The third-order valence-corrected chi connectivity index (χ3v) is 5.51. The topological polar surface area (TPSA) is 47.6 Å². The number of carbonyl (C=O) groups excluding carboxylic acids is 1. The lowest BCUT2D eigenvalue weighted by atomic mass is 9.95. The molecule has 0 saturated heterocycles. The highest BCUT2D eigenvalue weighted by atomic mass is 32.1. The second-order valence-corrected chi connectivity index (χ2v) is 7.48. The van der Waals surface area contributed by atoms with Crippen LogP contribution in [0.25, 0.3) is 0 Å². The molecule has 1 fully saturated rings. The van der Waals surface area contributed by atoms with Crippen LogP contribution < -0.4 is 14.8 Å². The normalized spacial score (nSPS) is 15.0. The van der Waals surface area contributed by atoms with Gasteiger partial charge in [-0.05, 0) is 48.9 Å². The molecule has 1 heterocycles. The molecular formula is C20H25NO3S. The fourth-order valence-electron chi connectivity index (χ4n) is 3.13. The molecule has 3 rings (SSSR count). The van der Waals surface area contributed by atoms with Crippen molar-refractivity contribution in [1.29, 1.82) is 0 Å². The summed E-state index contributed by atoms with van der Waals surface area (Å²) in [7, 11) is 1.64. The van der Waals surface area contributed by atoms with E-state index in [1.54, 1.807) is 7.11 Å². The predicted molar refractivity (Wildman–Crippen MR) is 101 cm³/mol. The van der Waals surface area contributed by atoms with Gasteiger partial charge < -0.3 is 14.8 Å². The molecule has 25 heavy (non-hydrogen) atoms. The van der Waals surface area contributed by atoms with Crippen LogP contribution in [-0.2, 0) is 6.61 Å². The number of benzene rings is 1. The van der Waals surface area contributed by atoms with E-state index in [0.29, 0.717) is 18.4 Å². The van der Waals surface area contributed by atoms with Crippen molar-refractivity contribution < 1.29 is 14.3 Å². The van der Waals surface area contributed by atoms with Gasteiger partial charge in [0, 0.05) is 11.6 Å². The lowest BCUT2D eigenvalue weighted by Crippen LogP contribution is -2.35. The van der Waals surface area contributed by atoms with Gasteiger partial charge in [0.15, 0.2) is 11.5 Å². The lowest BCUT2D eigenvalue weighted by Gasteiger charge is -2.22. The van der Waals surface area contributed by atoms with Gasteiger partial charge in [-0.3, -0.25) is 4.79 Å². The van der Waals surface area contributed by atoms with E-state index in [0.717, 1.165) is 34.6 Å². The Labute approximate surface area is 153 Å². The molecule has 0 unspecified atom stereocenters. The average Bonchev–Trinajstić information content (AvgIpc) is 3.10. The monoisotopic (exact) mass is 359 g/mol. The summed E-state index contributed by atoms with van der Waals surface area (Å²) < 4.78 is 11.2. The summed E-state index contributed by atoms with van der Waals surface area (Å²) in [5, 5.41) is 5.14. The predicted octanol–water partition coefficient (Wildman–Crippen LogP) is 4.71. The van der Waals surface area contributed by atoms with E-state index in [9.17, 15) is 4.79 Å². The standard InChI is InChI=1S/C20H25NO3S/c1-14-8-9-17(18(10-14)23-2)24-12-15-11-19(25-13-15)20(22)21-16-6-4-3-5-7-16/h8-11,13,16H,3-7,12H2,1-2H3,(H,21,22). The Kier molecular flexibility index (Phi) is 5.97. The number of hydrogen-bond donors (Lipinski definition) is 1. The van der Waals surface area contributed by atoms with Gasteiger partial charge in [-0.1, -0.05) is 25.3 Å². The summed E-state index contributed by atoms with van der Waals surface area (Å²) >= 11 is 1.47. The van der Waals surface area contributed by atoms with Crippen molar-refractivity contribution in [1.82, 2.24) is 5.32 Å². The van der Waals surface area contributed by atoms with Gasteiger partial charge in [0.25, 0.3) is 5.91 Å². The molecule has 1 saturated carbocycles. The third-order valence-electron chi connectivity index (χ3n) is 4.53. The molecule has 0 atom stereocenters. The molecule has 5 heteroatoms. The number of amides is 1. The van der Waals surface area contributed by atoms with Crippen molar-refractivity contribution in [3.8, 4) is 11.5 Å². The molecule has 4 nitrogen and oxygen atoms in total. The smallest absolute Gasteiger partial charge is 0.261 e. The maximum atomic E-state index is 12.4. The fraction of sp³-hybridized carbons (Fsp3) is 0.450. The molecule has 1 aliphatic carbocycles. The van der Waals surface area contributed by atoms with Gasteiger partial charge in [0.1, 0.15) is 6.61 Å². The number of nitrogens with one attached hydrogen (secondary N) is 1. The highest BCUT2D eigenvalue weighted by molar-refractivity contribution is 7.12. The van der Waals surface area contributed by atoms with Crippen LogP contribution in [0.15, 0.2) is 29.6 Å². The first-order valence-electron chi connectivity index (χ1n) is 8.81. The molecular weight excluding hydrogens is 334 g/mol. The number of hydrogen-bond acceptors (Lipinski definition) is 4. The van der Waals surface area contributed by atoms with E-state index >= 15 is 0 Å². The van der Waals surface area contributed by atoms with Crippen LogP contribution in [0.3, 0.4) is 0 Å². The van der Waals surface area contributed by atoms with Gasteiger partial charge in [0.05, 0.1) is 12.0 Å². The average molecular weight is 359 g/mol. The van der Waals surface area contributed by atoms with E-state index in [1.165, 1.54) is 30.6 Å². The van der Waals surface area contributed by atoms with Crippen molar-refractivity contribution in [2.75, 3.05) is 7.11 Å². The molecule has 1 aromatic carbocycles. The molecule has 134 valence electrons. The summed E-state index contributed by atoms with van der Waals surface area (Å²) in [5.41, 5.74) is 2.13. The molecule has 1 N–H and O–H groups in total. The molecule has 0 spiro atoms. The minimum Gasteiger partial charge on any atom is -0.493 e. The minimum atomic E-state index is 0.0380. The highest BCUT2D eigenvalue weighted by Crippen LogP contribution is 2.29. The second kappa shape index (κ2) is 8.39. The van der Waals surface area contributed by atoms with Gasteiger partial charge >= 0.3 is 0 Å². The quantitative estimate of drug-likeness (QED) is 0.813. The van der Waals surface area contributed by atoms with Crippen LogP contribution in [0, 0.1) is 6.92 Å². The Balaban J connectivity index is 1.57. The van der Waals surface area contributed by atoms with Gasteiger partial charge in [0.2, 0.25) is 0 Å². The fourth-order valence-corrected chi connectivity index (χ4v) is 3.93. The van der Waals surface area contributed by atoms with Gasteiger partial charge in [-0.2, -0.15) is 0 Å². The van der Waals surface area contributed by atoms with E-state index < -0.39 is 0 Å². The summed E-state index contributed by atoms with van der Waals surface area (Å²) in [6, 6.07) is 8.11. The number of methoxy groups -OCH3 is 1. The Morgan fingerprint density at radius 1 is 1.20 bits per heavy atom. The van der Waals surface area contributed by atoms with E-state index in [4.69, 9.17) is 9.47 Å². The first kappa shape index (κ1) is 17.8. The van der Waals surface area contributed by atoms with Crippen LogP contribution in [0.4, 0.5) is 0 Å². The summed E-state index contributed by atoms with van der Waals surface area (Å²) in [6.45, 7) is 2.44. The SMILES string of the molecule is COc1cc(C)ccc1OCc1csc(C(=O)NC2CCCCC2)c1. The first-order valence-corrected chi connectivity index (χ1v) is 9.69. The number of ether oxygens (including phenoxy) is 2. The van der Waals surface area contributed by atoms with E-state index in [-0.39, 0.29) is 5.91 Å². The van der Waals surface area contributed by atoms with Crippen LogP contribution in [0.2, 0.25) is 0 Å². The molecule has 0 radical (unpaired) electrons. The molecule has 2 aromatic rings. The van der Waals surface area contributed by atoms with E-state index in [1.807, 2.05) is 36.6 Å². The van der Waals surface area contributed by atoms with Crippen molar-refractivity contribution >= 4 is 17.2 Å². The summed E-state index contributed by atoms with van der Waals surface area (Å²) in [4.78, 5) is 13.1. The molecule has 1 aliphatic rings. The molecule has 1 aromatic heterocycles. The van der Waals surface area contributed by atoms with Crippen molar-refractivity contribution in [3.63, 3.8) is 0 Å². The largest absolute Gasteiger partial charge is 0.493 e. The zero-order valence-electron chi connectivity index (χ0n) is 14.8. The molecule has 0 bridgehead atoms. The van der Waals surface area contributed by atoms with Gasteiger partial charge in [-0.25, -0.2) is 0 Å². The third kappa shape index (κ3) is 4.75. The summed E-state index contributed by atoms with van der Waals surface area (Å²) in [6.07, 6.45) is 5.91. The number of carbonyl (C=O) groups is 1. The molecule has 0 aliphatic heterocycles. The van der Waals surface area contributed by atoms with E-state index in [2.05, 4.69) is 5.32 Å². The number of aryl methyl sites for hydroxylation is 1. The lowest BCUT2D eigenvalue weighted by molar-refractivity contribution is 0.0932. The first-order chi connectivity index (χ1) is 12.2. The zero-order chi connectivity index (χ0) is 17.6. The number of thiophene rings is 1. The number of rotatable bonds is 6. The Morgan fingerprint density at radius 2 is 2.00 bits per heavy atom. The van der Waals surface area contributed by atoms with Crippen LogP contribution in [0.5, 0.6) is 11.5 Å². The Morgan fingerprint density at radius 3 is 2.76 bits per heavy atom. The van der Waals surface area contributed by atoms with Gasteiger partial charge in [-0.15, -0.1) is 11.3 Å². The zero-order valence-corrected chi connectivity index (χ0v) is 15.7. The highest BCUT2D eigenvalue weighted by Gasteiger charge is 2.18. The minimum absolute atomic E-state index is 0.0380. The Hall–Kier alpha value is -2.01.